The van der Waals surface area contributed by atoms with Gasteiger partial charge in [-0.15, -0.1) is 0 Å². The van der Waals surface area contributed by atoms with Crippen molar-refractivity contribution in [2.75, 3.05) is 20.2 Å². The van der Waals surface area contributed by atoms with E-state index in [-0.39, 0.29) is 12.0 Å². The van der Waals surface area contributed by atoms with Crippen molar-refractivity contribution in [3.05, 3.63) is 40.7 Å². The molecule has 7 heteroatoms. The number of rotatable bonds is 3. The summed E-state index contributed by atoms with van der Waals surface area (Å²) in [5.74, 6) is 1.24. The summed E-state index contributed by atoms with van der Waals surface area (Å²) in [4.78, 5) is 14.2. The zero-order valence-corrected chi connectivity index (χ0v) is 14.0. The normalized spacial score (nSPS) is 16.3. The van der Waals surface area contributed by atoms with E-state index in [1.165, 1.54) is 4.68 Å². The Morgan fingerprint density at radius 1 is 1.43 bits per heavy atom. The first-order valence-electron chi connectivity index (χ1n) is 7.30. The van der Waals surface area contributed by atoms with Crippen LogP contribution in [0.4, 0.5) is 0 Å². The van der Waals surface area contributed by atoms with Gasteiger partial charge in [-0.1, -0.05) is 23.7 Å². The molecule has 1 aromatic carbocycles. The lowest BCUT2D eigenvalue weighted by Gasteiger charge is -2.29. The van der Waals surface area contributed by atoms with Gasteiger partial charge in [-0.2, -0.15) is 5.10 Å². The van der Waals surface area contributed by atoms with E-state index in [0.717, 1.165) is 5.75 Å². The second-order valence-electron chi connectivity index (χ2n) is 5.56. The van der Waals surface area contributed by atoms with Crippen molar-refractivity contribution < 1.29 is 14.3 Å². The summed E-state index contributed by atoms with van der Waals surface area (Å²) in [6.45, 7) is 2.57. The van der Waals surface area contributed by atoms with Crippen LogP contribution in [0, 0.1) is 6.92 Å². The highest BCUT2D eigenvalue weighted by atomic mass is 35.5. The number of nitrogens with zero attached hydrogens (tertiary/aromatic N) is 3. The van der Waals surface area contributed by atoms with E-state index < -0.39 is 0 Å². The van der Waals surface area contributed by atoms with Crippen molar-refractivity contribution in [3.8, 4) is 11.5 Å². The molecule has 1 aromatic heterocycles. The molecular formula is C16H18ClN3O3. The van der Waals surface area contributed by atoms with Crippen LogP contribution in [0.5, 0.6) is 11.5 Å². The molecule has 0 radical (unpaired) electrons. The molecule has 2 aromatic rings. The smallest absolute Gasteiger partial charge is 0.258 e. The summed E-state index contributed by atoms with van der Waals surface area (Å²) in [6.07, 6.45) is -0.227. The molecule has 0 spiro atoms. The molecule has 122 valence electrons. The maximum atomic E-state index is 12.6. The number of aromatic nitrogens is 2. The Morgan fingerprint density at radius 3 is 2.78 bits per heavy atom. The molecule has 0 saturated heterocycles. The van der Waals surface area contributed by atoms with Crippen LogP contribution in [0.3, 0.4) is 0 Å². The first-order valence-corrected chi connectivity index (χ1v) is 7.68. The average Bonchev–Trinajstić information content (AvgIpc) is 2.79. The van der Waals surface area contributed by atoms with E-state index in [4.69, 9.17) is 21.1 Å². The SMILES string of the molecule is Cc1nn(C)c(Cl)c1C(=O)N(C)CC1COc2ccccc2O1. The van der Waals surface area contributed by atoms with Crippen LogP contribution in [-0.2, 0) is 7.05 Å². The summed E-state index contributed by atoms with van der Waals surface area (Å²) in [6, 6.07) is 7.49. The first kappa shape index (κ1) is 15.7. The van der Waals surface area contributed by atoms with Gasteiger partial charge in [-0.3, -0.25) is 9.48 Å². The Balaban J connectivity index is 1.70. The Bertz CT molecular complexity index is 744. The van der Waals surface area contributed by atoms with Crippen LogP contribution in [0.15, 0.2) is 24.3 Å². The summed E-state index contributed by atoms with van der Waals surface area (Å²) in [7, 11) is 3.43. The molecule has 1 aliphatic rings. The number of benzene rings is 1. The van der Waals surface area contributed by atoms with Crippen molar-refractivity contribution >= 4 is 17.5 Å². The second-order valence-corrected chi connectivity index (χ2v) is 5.92. The molecule has 0 bridgehead atoms. The molecule has 1 unspecified atom stereocenters. The highest BCUT2D eigenvalue weighted by Crippen LogP contribution is 2.31. The minimum atomic E-state index is -0.227. The van der Waals surface area contributed by atoms with Crippen LogP contribution in [-0.4, -0.2) is 46.9 Å². The van der Waals surface area contributed by atoms with E-state index in [1.54, 1.807) is 25.9 Å². The molecule has 0 aliphatic carbocycles. The summed E-state index contributed by atoms with van der Waals surface area (Å²) in [5, 5.41) is 4.51. The number of amides is 1. The third kappa shape index (κ3) is 2.99. The number of likely N-dealkylation sites (N-methyl/N-ethyl adjacent to an activating group) is 1. The number of carbonyl (C=O) groups excluding carboxylic acids is 1. The Morgan fingerprint density at radius 2 is 2.13 bits per heavy atom. The fourth-order valence-corrected chi connectivity index (χ4v) is 2.86. The molecular weight excluding hydrogens is 318 g/mol. The lowest BCUT2D eigenvalue weighted by atomic mass is 10.2. The summed E-state index contributed by atoms with van der Waals surface area (Å²) < 4.78 is 13.0. The van der Waals surface area contributed by atoms with Gasteiger partial charge < -0.3 is 14.4 Å². The predicted molar refractivity (Wildman–Crippen MR) is 86.3 cm³/mol. The summed E-state index contributed by atoms with van der Waals surface area (Å²) >= 11 is 6.16. The standard InChI is InChI=1S/C16H18ClN3O3/c1-10-14(15(17)20(3)18-10)16(21)19(2)8-11-9-22-12-6-4-5-7-13(12)23-11/h4-7,11H,8-9H2,1-3H3. The highest BCUT2D eigenvalue weighted by molar-refractivity contribution is 6.33. The van der Waals surface area contributed by atoms with Crippen molar-refractivity contribution in [3.63, 3.8) is 0 Å². The van der Waals surface area contributed by atoms with Crippen molar-refractivity contribution in [1.29, 1.82) is 0 Å². The van der Waals surface area contributed by atoms with Crippen molar-refractivity contribution in [2.24, 2.45) is 7.05 Å². The van der Waals surface area contributed by atoms with Crippen LogP contribution < -0.4 is 9.47 Å². The largest absolute Gasteiger partial charge is 0.486 e. The first-order chi connectivity index (χ1) is 11.0. The van der Waals surface area contributed by atoms with E-state index in [1.807, 2.05) is 24.3 Å². The van der Waals surface area contributed by atoms with Gasteiger partial charge in [0.05, 0.1) is 17.8 Å². The number of ether oxygens (including phenoxy) is 2. The number of halogens is 1. The monoisotopic (exact) mass is 335 g/mol. The van der Waals surface area contributed by atoms with Gasteiger partial charge in [0.15, 0.2) is 17.6 Å². The molecule has 6 nitrogen and oxygen atoms in total. The van der Waals surface area contributed by atoms with Crippen LogP contribution in [0.2, 0.25) is 5.15 Å². The number of fused-ring (bicyclic) bond motifs is 1. The quantitative estimate of drug-likeness (QED) is 0.863. The minimum absolute atomic E-state index is 0.178. The summed E-state index contributed by atoms with van der Waals surface area (Å²) in [5.41, 5.74) is 1.04. The van der Waals surface area contributed by atoms with Gasteiger partial charge in [0.1, 0.15) is 11.8 Å². The van der Waals surface area contributed by atoms with E-state index in [9.17, 15) is 4.79 Å². The molecule has 3 rings (SSSR count). The van der Waals surface area contributed by atoms with Crippen LogP contribution >= 0.6 is 11.6 Å². The Kier molecular flexibility index (Phi) is 4.17. The van der Waals surface area contributed by atoms with E-state index >= 15 is 0 Å². The highest BCUT2D eigenvalue weighted by Gasteiger charge is 2.27. The number of hydrogen-bond donors (Lipinski definition) is 0. The molecule has 2 heterocycles. The minimum Gasteiger partial charge on any atom is -0.486 e. The molecule has 0 fully saturated rings. The molecule has 0 N–H and O–H groups in total. The lowest BCUT2D eigenvalue weighted by Crippen LogP contribution is -2.42. The fraction of sp³-hybridized carbons (Fsp3) is 0.375. The third-order valence-corrected chi connectivity index (χ3v) is 4.19. The maximum Gasteiger partial charge on any atom is 0.258 e. The maximum absolute atomic E-state index is 12.6. The van der Waals surface area contributed by atoms with Gasteiger partial charge in [0.2, 0.25) is 0 Å². The molecule has 1 amide bonds. The second kappa shape index (κ2) is 6.12. The molecule has 1 aliphatic heterocycles. The predicted octanol–water partition coefficient (Wildman–Crippen LogP) is 2.29. The van der Waals surface area contributed by atoms with Crippen molar-refractivity contribution in [2.45, 2.75) is 13.0 Å². The molecule has 23 heavy (non-hydrogen) atoms. The zero-order valence-electron chi connectivity index (χ0n) is 13.2. The molecule has 1 atom stereocenters. The van der Waals surface area contributed by atoms with Crippen molar-refractivity contribution in [1.82, 2.24) is 14.7 Å². The zero-order chi connectivity index (χ0) is 16.6. The third-order valence-electron chi connectivity index (χ3n) is 3.76. The number of aryl methyl sites for hydroxylation is 2. The average molecular weight is 336 g/mol. The van der Waals surface area contributed by atoms with E-state index in [0.29, 0.717) is 35.3 Å². The van der Waals surface area contributed by atoms with Gasteiger partial charge >= 0.3 is 0 Å². The van der Waals surface area contributed by atoms with Gasteiger partial charge in [0, 0.05) is 14.1 Å². The van der Waals surface area contributed by atoms with Gasteiger partial charge in [0.25, 0.3) is 5.91 Å². The Hall–Kier alpha value is -2.21. The van der Waals surface area contributed by atoms with Gasteiger partial charge in [-0.25, -0.2) is 0 Å². The van der Waals surface area contributed by atoms with Crippen LogP contribution in [0.1, 0.15) is 16.1 Å². The number of hydrogen-bond acceptors (Lipinski definition) is 4. The molecule has 0 saturated carbocycles. The number of carbonyl (C=O) groups is 1. The van der Waals surface area contributed by atoms with Crippen LogP contribution in [0.25, 0.3) is 0 Å². The fourth-order valence-electron chi connectivity index (χ4n) is 2.61. The number of para-hydroxylation sites is 2. The Labute approximate surface area is 139 Å². The van der Waals surface area contributed by atoms with E-state index in [2.05, 4.69) is 5.10 Å². The topological polar surface area (TPSA) is 56.6 Å². The van der Waals surface area contributed by atoms with Gasteiger partial charge in [-0.05, 0) is 19.1 Å². The lowest BCUT2D eigenvalue weighted by molar-refractivity contribution is 0.0520.